The molecule has 0 aromatic heterocycles. The number of rotatable bonds is 6. The first kappa shape index (κ1) is 37.6. The molecule has 1 spiro atoms. The maximum Gasteiger partial charge on any atom is 0.326 e. The molecule has 4 atom stereocenters. The average molecular weight is 716 g/mol. The maximum atomic E-state index is 14.7. The van der Waals surface area contributed by atoms with Crippen LogP contribution < -0.4 is 5.32 Å². The summed E-state index contributed by atoms with van der Waals surface area (Å²) in [7, 11) is 0.798. The Bertz CT molecular complexity index is 1710. The van der Waals surface area contributed by atoms with Crippen LogP contribution in [0.5, 0.6) is 0 Å². The van der Waals surface area contributed by atoms with Crippen molar-refractivity contribution in [1.29, 1.82) is 0 Å². The lowest BCUT2D eigenvalue weighted by atomic mass is 9.58. The Balaban J connectivity index is 0.000000579. The monoisotopic (exact) mass is 714 g/mol. The number of hydrogen-bond donors (Lipinski definition) is 1. The highest BCUT2D eigenvalue weighted by atomic mass is 35.5. The summed E-state index contributed by atoms with van der Waals surface area (Å²) in [5.74, 6) is -2.61. The Labute approximate surface area is 294 Å². The zero-order chi connectivity index (χ0) is 35.8. The SMILES string of the molecule is COC(C)[Si](C)(C)C.Cc1ccc(F)cc1[C@H]1CC(=O)N(CC(=O)OC(C)(C)C)[C@@H](c2cccc(Cl)c2)[C@]12C(=O)Nc1cc(Cl)ccc12. The predicted octanol–water partition coefficient (Wildman–Crippen LogP) is 8.63. The Morgan fingerprint density at radius 3 is 2.31 bits per heavy atom. The van der Waals surface area contributed by atoms with Crippen LogP contribution in [0.15, 0.2) is 60.7 Å². The number of carbonyl (C=O) groups excluding carboxylic acids is 3. The summed E-state index contributed by atoms with van der Waals surface area (Å²) >= 11 is 12.7. The van der Waals surface area contributed by atoms with Crippen molar-refractivity contribution in [2.45, 2.75) is 89.4 Å². The first-order chi connectivity index (χ1) is 22.3. The predicted molar refractivity (Wildman–Crippen MR) is 192 cm³/mol. The van der Waals surface area contributed by atoms with Gasteiger partial charge in [0.2, 0.25) is 11.8 Å². The van der Waals surface area contributed by atoms with Crippen molar-refractivity contribution in [3.05, 3.63) is 98.8 Å². The molecule has 1 unspecified atom stereocenters. The number of esters is 1. The number of methoxy groups -OCH3 is 1. The van der Waals surface area contributed by atoms with Crippen molar-refractivity contribution in [3.63, 3.8) is 0 Å². The van der Waals surface area contributed by atoms with Crippen LogP contribution in [0.2, 0.25) is 29.7 Å². The molecule has 11 heteroatoms. The number of anilines is 1. The largest absolute Gasteiger partial charge is 0.459 e. The highest BCUT2D eigenvalue weighted by molar-refractivity contribution is 6.77. The molecule has 2 aliphatic heterocycles. The minimum atomic E-state index is -1.45. The number of aryl methyl sites for hydroxylation is 1. The molecule has 0 radical (unpaired) electrons. The zero-order valence-electron chi connectivity index (χ0n) is 29.0. The van der Waals surface area contributed by atoms with Crippen LogP contribution in [0.25, 0.3) is 0 Å². The number of piperidine rings is 1. The van der Waals surface area contributed by atoms with Crippen LogP contribution in [0, 0.1) is 12.7 Å². The summed E-state index contributed by atoms with van der Waals surface area (Å²) < 4.78 is 25.5. The lowest BCUT2D eigenvalue weighted by Gasteiger charge is -2.51. The standard InChI is InChI=1S/C31H29Cl2FN2O4.C6H16OSi/c1-17-8-10-21(34)14-22(17)24-15-26(37)36(16-27(38)40-30(2,3)4)28(18-6-5-7-19(32)12-18)31(24)23-11-9-20(33)13-25(23)35-29(31)39;1-6(7-2)8(3,4)5/h5-14,24,28H,15-16H2,1-4H3,(H,35,39);6H,1-5H3/t24-,28+,31-;/m1./s1. The minimum Gasteiger partial charge on any atom is -0.459 e. The van der Waals surface area contributed by atoms with Gasteiger partial charge < -0.3 is 19.7 Å². The smallest absolute Gasteiger partial charge is 0.326 e. The van der Waals surface area contributed by atoms with Crippen molar-refractivity contribution in [2.24, 2.45) is 0 Å². The number of ether oxygens (including phenoxy) is 2. The molecule has 258 valence electrons. The Kier molecular flexibility index (Phi) is 11.2. The molecule has 48 heavy (non-hydrogen) atoms. The third-order valence-electron chi connectivity index (χ3n) is 9.12. The molecule has 2 aliphatic rings. The van der Waals surface area contributed by atoms with E-state index in [1.54, 1.807) is 76.4 Å². The Hall–Kier alpha value is -3.24. The van der Waals surface area contributed by atoms with Crippen LogP contribution in [0.4, 0.5) is 10.1 Å². The third kappa shape index (κ3) is 7.80. The molecule has 1 saturated heterocycles. The fourth-order valence-electron chi connectivity index (χ4n) is 6.49. The quantitative estimate of drug-likeness (QED) is 0.204. The second-order valence-corrected chi connectivity index (χ2v) is 21.0. The van der Waals surface area contributed by atoms with Crippen molar-refractivity contribution in [3.8, 4) is 0 Å². The van der Waals surface area contributed by atoms with E-state index in [9.17, 15) is 18.8 Å². The van der Waals surface area contributed by atoms with Gasteiger partial charge in [-0.15, -0.1) is 0 Å². The second-order valence-electron chi connectivity index (χ2n) is 14.6. The summed E-state index contributed by atoms with van der Waals surface area (Å²) in [5, 5.41) is 3.79. The molecule has 0 aliphatic carbocycles. The third-order valence-corrected chi connectivity index (χ3v) is 12.3. The molecule has 1 fully saturated rings. The van der Waals surface area contributed by atoms with Crippen LogP contribution in [0.3, 0.4) is 0 Å². The van der Waals surface area contributed by atoms with Gasteiger partial charge >= 0.3 is 5.97 Å². The molecule has 0 bridgehead atoms. The van der Waals surface area contributed by atoms with Gasteiger partial charge in [0.25, 0.3) is 0 Å². The number of amides is 2. The number of halogens is 3. The molecule has 0 saturated carbocycles. The second kappa shape index (κ2) is 14.3. The van der Waals surface area contributed by atoms with Crippen LogP contribution >= 0.6 is 23.2 Å². The number of nitrogens with one attached hydrogen (secondary N) is 1. The van der Waals surface area contributed by atoms with E-state index in [0.717, 1.165) is 5.56 Å². The molecule has 2 heterocycles. The number of carbonyl (C=O) groups is 3. The van der Waals surface area contributed by atoms with Crippen LogP contribution in [-0.2, 0) is 29.3 Å². The van der Waals surface area contributed by atoms with E-state index in [-0.39, 0.29) is 24.8 Å². The maximum absolute atomic E-state index is 14.7. The molecule has 2 amide bonds. The number of likely N-dealkylation sites (tertiary alicyclic amines) is 1. The highest BCUT2D eigenvalue weighted by Crippen LogP contribution is 2.60. The van der Waals surface area contributed by atoms with E-state index in [1.807, 2.05) is 6.92 Å². The van der Waals surface area contributed by atoms with E-state index >= 15 is 0 Å². The molecule has 7 nitrogen and oxygen atoms in total. The average Bonchev–Trinajstić information content (AvgIpc) is 3.25. The van der Waals surface area contributed by atoms with Gasteiger partial charge in [-0.2, -0.15) is 0 Å². The zero-order valence-corrected chi connectivity index (χ0v) is 31.6. The molecular formula is C37H45Cl2FN2O5Si. The molecule has 1 N–H and O–H groups in total. The summed E-state index contributed by atoms with van der Waals surface area (Å²) in [5.41, 5.74) is 1.18. The van der Waals surface area contributed by atoms with E-state index in [0.29, 0.717) is 38.2 Å². The number of fused-ring (bicyclic) bond motifs is 2. The van der Waals surface area contributed by atoms with Crippen molar-refractivity contribution < 1.29 is 28.2 Å². The van der Waals surface area contributed by atoms with Gasteiger partial charge in [-0.1, -0.05) is 67.1 Å². The van der Waals surface area contributed by atoms with E-state index in [2.05, 4.69) is 31.9 Å². The van der Waals surface area contributed by atoms with Crippen molar-refractivity contribution >= 4 is 54.7 Å². The number of hydrogen-bond acceptors (Lipinski definition) is 5. The van der Waals surface area contributed by atoms with Gasteiger partial charge in [-0.05, 0) is 93.3 Å². The molecule has 3 aromatic rings. The first-order valence-corrected chi connectivity index (χ1v) is 20.3. The summed E-state index contributed by atoms with van der Waals surface area (Å²) in [6.45, 7) is 15.7. The van der Waals surface area contributed by atoms with Gasteiger partial charge in [0, 0.05) is 40.9 Å². The number of nitrogens with zero attached hydrogens (tertiary/aromatic N) is 1. The van der Waals surface area contributed by atoms with E-state index < -0.39 is 42.8 Å². The van der Waals surface area contributed by atoms with Crippen LogP contribution in [-0.4, -0.2) is 55.7 Å². The normalized spacial score (nSPS) is 21.3. The summed E-state index contributed by atoms with van der Waals surface area (Å²) in [4.78, 5) is 42.9. The lowest BCUT2D eigenvalue weighted by Crippen LogP contribution is -2.59. The van der Waals surface area contributed by atoms with Crippen molar-refractivity contribution in [2.75, 3.05) is 19.0 Å². The summed E-state index contributed by atoms with van der Waals surface area (Å²) in [6, 6.07) is 15.4. The fourth-order valence-corrected chi connectivity index (χ4v) is 7.56. The van der Waals surface area contributed by atoms with Crippen LogP contribution in [0.1, 0.15) is 68.3 Å². The topological polar surface area (TPSA) is 84.9 Å². The summed E-state index contributed by atoms with van der Waals surface area (Å²) in [6.07, 6.45) is -0.139. The van der Waals surface area contributed by atoms with Crippen molar-refractivity contribution in [1.82, 2.24) is 4.90 Å². The fraction of sp³-hybridized carbons (Fsp3) is 0.432. The Morgan fingerprint density at radius 2 is 1.73 bits per heavy atom. The molecule has 3 aromatic carbocycles. The van der Waals surface area contributed by atoms with Gasteiger partial charge in [-0.3, -0.25) is 14.4 Å². The Morgan fingerprint density at radius 1 is 1.06 bits per heavy atom. The van der Waals surface area contributed by atoms with E-state index in [4.69, 9.17) is 32.7 Å². The first-order valence-electron chi connectivity index (χ1n) is 16.0. The molecule has 5 rings (SSSR count). The van der Waals surface area contributed by atoms with Gasteiger partial charge in [-0.25, -0.2) is 4.39 Å². The molecular weight excluding hydrogens is 670 g/mol. The van der Waals surface area contributed by atoms with Gasteiger partial charge in [0.1, 0.15) is 23.4 Å². The number of benzene rings is 3. The highest BCUT2D eigenvalue weighted by Gasteiger charge is 2.63. The van der Waals surface area contributed by atoms with E-state index in [1.165, 1.54) is 17.0 Å². The lowest BCUT2D eigenvalue weighted by molar-refractivity contribution is -0.164. The van der Waals surface area contributed by atoms with Gasteiger partial charge in [0.05, 0.1) is 14.1 Å². The minimum absolute atomic E-state index is 0.139. The van der Waals surface area contributed by atoms with Gasteiger partial charge in [0.15, 0.2) is 0 Å².